The number of rotatable bonds is 6. The molecule has 6 nitrogen and oxygen atoms in total. The molecule has 0 bridgehead atoms. The molecule has 0 aliphatic heterocycles. The topological polar surface area (TPSA) is 74.3 Å². The van der Waals surface area contributed by atoms with Gasteiger partial charge in [-0.3, -0.25) is 9.36 Å². The van der Waals surface area contributed by atoms with E-state index in [4.69, 9.17) is 20.9 Å². The summed E-state index contributed by atoms with van der Waals surface area (Å²) in [5.74, 6) is 0.406. The van der Waals surface area contributed by atoms with Gasteiger partial charge in [0.1, 0.15) is 5.76 Å². The molecule has 0 saturated carbocycles. The largest absolute Gasteiger partial charge is 0.454 e. The molecule has 0 fully saturated rings. The molecular formula is C21H19ClN2O4. The number of ether oxygens (including phenoxy) is 1. The van der Waals surface area contributed by atoms with E-state index < -0.39 is 5.97 Å². The van der Waals surface area contributed by atoms with Gasteiger partial charge in [0.2, 0.25) is 5.78 Å². The number of benzene rings is 1. The van der Waals surface area contributed by atoms with E-state index >= 15 is 0 Å². The fourth-order valence-electron chi connectivity index (χ4n) is 2.86. The van der Waals surface area contributed by atoms with Crippen LogP contribution in [0.3, 0.4) is 0 Å². The van der Waals surface area contributed by atoms with Crippen LogP contribution in [-0.4, -0.2) is 28.1 Å². The van der Waals surface area contributed by atoms with E-state index in [1.54, 1.807) is 49.4 Å². The van der Waals surface area contributed by atoms with E-state index in [1.165, 1.54) is 6.08 Å². The first-order valence-electron chi connectivity index (χ1n) is 8.61. The zero-order valence-corrected chi connectivity index (χ0v) is 16.5. The van der Waals surface area contributed by atoms with Crippen molar-refractivity contribution in [1.82, 2.24) is 9.72 Å². The highest BCUT2D eigenvalue weighted by molar-refractivity contribution is 6.30. The van der Waals surface area contributed by atoms with Crippen molar-refractivity contribution in [3.05, 3.63) is 75.8 Å². The second-order valence-electron chi connectivity index (χ2n) is 6.33. The third-order valence-electron chi connectivity index (χ3n) is 4.20. The normalized spacial score (nSPS) is 11.1. The minimum atomic E-state index is -0.593. The van der Waals surface area contributed by atoms with Crippen molar-refractivity contribution in [2.75, 3.05) is 6.61 Å². The SMILES string of the molecule is Cc1cc(-n2c(C)cc(C(=O)COC(=O)/C=C/c3ccc(Cl)cc3)c2C)no1. The number of hydrogen-bond donors (Lipinski definition) is 0. The average molecular weight is 399 g/mol. The lowest BCUT2D eigenvalue weighted by Gasteiger charge is -2.05. The third kappa shape index (κ3) is 4.40. The lowest BCUT2D eigenvalue weighted by molar-refractivity contribution is -0.136. The van der Waals surface area contributed by atoms with Crippen molar-refractivity contribution in [1.29, 1.82) is 0 Å². The molecule has 3 rings (SSSR count). The third-order valence-corrected chi connectivity index (χ3v) is 4.46. The Labute approximate surface area is 167 Å². The second kappa shape index (κ2) is 8.27. The number of halogens is 1. The lowest BCUT2D eigenvalue weighted by atomic mass is 10.1. The van der Waals surface area contributed by atoms with Crippen LogP contribution in [0.2, 0.25) is 5.02 Å². The number of nitrogens with zero attached hydrogens (tertiary/aromatic N) is 2. The summed E-state index contributed by atoms with van der Waals surface area (Å²) in [6, 6.07) is 10.5. The first-order valence-corrected chi connectivity index (χ1v) is 8.99. The van der Waals surface area contributed by atoms with Crippen molar-refractivity contribution in [2.45, 2.75) is 20.8 Å². The van der Waals surface area contributed by atoms with Gasteiger partial charge in [0, 0.05) is 34.1 Å². The van der Waals surface area contributed by atoms with Gasteiger partial charge in [-0.1, -0.05) is 28.9 Å². The quantitative estimate of drug-likeness (QED) is 0.347. The molecule has 0 radical (unpaired) electrons. The van der Waals surface area contributed by atoms with Crippen molar-refractivity contribution >= 4 is 29.4 Å². The molecule has 1 aromatic carbocycles. The van der Waals surface area contributed by atoms with Crippen LogP contribution in [0, 0.1) is 20.8 Å². The lowest BCUT2D eigenvalue weighted by Crippen LogP contribution is -2.13. The van der Waals surface area contributed by atoms with Gasteiger partial charge in [-0.05, 0) is 50.6 Å². The monoisotopic (exact) mass is 398 g/mol. The number of ketones is 1. The van der Waals surface area contributed by atoms with Crippen molar-refractivity contribution in [3.63, 3.8) is 0 Å². The van der Waals surface area contributed by atoms with Gasteiger partial charge in [-0.15, -0.1) is 0 Å². The maximum atomic E-state index is 12.5. The van der Waals surface area contributed by atoms with E-state index in [2.05, 4.69) is 5.16 Å². The molecule has 28 heavy (non-hydrogen) atoms. The van der Waals surface area contributed by atoms with Gasteiger partial charge >= 0.3 is 5.97 Å². The minimum absolute atomic E-state index is 0.284. The molecule has 0 N–H and O–H groups in total. The minimum Gasteiger partial charge on any atom is -0.454 e. The van der Waals surface area contributed by atoms with Gasteiger partial charge in [0.25, 0.3) is 0 Å². The number of hydrogen-bond acceptors (Lipinski definition) is 5. The fourth-order valence-corrected chi connectivity index (χ4v) is 2.98. The van der Waals surface area contributed by atoms with Crippen LogP contribution in [0.4, 0.5) is 0 Å². The van der Waals surface area contributed by atoms with Gasteiger partial charge in [0.05, 0.1) is 0 Å². The van der Waals surface area contributed by atoms with Crippen molar-refractivity contribution < 1.29 is 18.8 Å². The Morgan fingerprint density at radius 1 is 1.18 bits per heavy atom. The molecule has 0 saturated heterocycles. The Kier molecular flexibility index (Phi) is 5.80. The van der Waals surface area contributed by atoms with Crippen LogP contribution in [0.5, 0.6) is 0 Å². The van der Waals surface area contributed by atoms with E-state index in [0.717, 1.165) is 11.3 Å². The summed E-state index contributed by atoms with van der Waals surface area (Å²) in [6.45, 7) is 5.14. The summed E-state index contributed by atoms with van der Waals surface area (Å²) in [5, 5.41) is 4.60. The van der Waals surface area contributed by atoms with Gasteiger partial charge in [0.15, 0.2) is 12.4 Å². The molecule has 0 unspecified atom stereocenters. The molecule has 0 aliphatic rings. The molecule has 2 aromatic heterocycles. The predicted molar refractivity (Wildman–Crippen MR) is 106 cm³/mol. The number of esters is 1. The Morgan fingerprint density at radius 2 is 1.89 bits per heavy atom. The summed E-state index contributed by atoms with van der Waals surface area (Å²) in [7, 11) is 0. The van der Waals surface area contributed by atoms with Gasteiger partial charge in [-0.25, -0.2) is 4.79 Å². The van der Waals surface area contributed by atoms with Gasteiger partial charge < -0.3 is 9.26 Å². The van der Waals surface area contributed by atoms with E-state index in [-0.39, 0.29) is 12.4 Å². The Balaban J connectivity index is 1.65. The smallest absolute Gasteiger partial charge is 0.331 e. The maximum Gasteiger partial charge on any atom is 0.331 e. The molecular weight excluding hydrogens is 380 g/mol. The van der Waals surface area contributed by atoms with Crippen LogP contribution in [-0.2, 0) is 9.53 Å². The predicted octanol–water partition coefficient (Wildman–Crippen LogP) is 4.48. The van der Waals surface area contributed by atoms with E-state index in [9.17, 15) is 9.59 Å². The summed E-state index contributed by atoms with van der Waals surface area (Å²) in [6.07, 6.45) is 2.87. The van der Waals surface area contributed by atoms with Crippen molar-refractivity contribution in [3.8, 4) is 5.82 Å². The van der Waals surface area contributed by atoms with Crippen LogP contribution in [0.15, 0.2) is 47.0 Å². The fraction of sp³-hybridized carbons (Fsp3) is 0.190. The van der Waals surface area contributed by atoms with Crippen LogP contribution < -0.4 is 0 Å². The van der Waals surface area contributed by atoms with Crippen LogP contribution in [0.25, 0.3) is 11.9 Å². The first-order chi connectivity index (χ1) is 13.3. The molecule has 2 heterocycles. The standard InChI is InChI=1S/C21H19ClN2O4/c1-13-10-18(15(3)24(13)20-11-14(2)28-23-20)19(25)12-27-21(26)9-6-16-4-7-17(22)8-5-16/h4-11H,12H2,1-3H3/b9-6+. The molecule has 3 aromatic rings. The summed E-state index contributed by atoms with van der Waals surface area (Å²) in [4.78, 5) is 24.4. The molecule has 0 aliphatic carbocycles. The number of carbonyl (C=O) groups excluding carboxylic acids is 2. The number of Topliss-reactive ketones (excluding diaryl/α,β-unsaturated/α-hetero) is 1. The first kappa shape index (κ1) is 19.6. The number of aromatic nitrogens is 2. The molecule has 0 atom stereocenters. The van der Waals surface area contributed by atoms with Crippen LogP contribution >= 0.6 is 11.6 Å². The van der Waals surface area contributed by atoms with E-state index in [0.29, 0.717) is 27.9 Å². The summed E-state index contributed by atoms with van der Waals surface area (Å²) in [5.41, 5.74) is 2.83. The van der Waals surface area contributed by atoms with Crippen molar-refractivity contribution in [2.24, 2.45) is 0 Å². The highest BCUT2D eigenvalue weighted by atomic mass is 35.5. The average Bonchev–Trinajstić information content (AvgIpc) is 3.21. The Hall–Kier alpha value is -3.12. The number of carbonyl (C=O) groups is 2. The van der Waals surface area contributed by atoms with Crippen LogP contribution in [0.1, 0.15) is 33.1 Å². The van der Waals surface area contributed by atoms with E-state index in [1.807, 2.05) is 18.4 Å². The Morgan fingerprint density at radius 3 is 2.54 bits per heavy atom. The summed E-state index contributed by atoms with van der Waals surface area (Å²) >= 11 is 5.82. The molecule has 0 amide bonds. The zero-order valence-electron chi connectivity index (χ0n) is 15.7. The second-order valence-corrected chi connectivity index (χ2v) is 6.77. The highest BCUT2D eigenvalue weighted by Gasteiger charge is 2.19. The molecule has 0 spiro atoms. The molecule has 144 valence electrons. The maximum absolute atomic E-state index is 12.5. The Bertz CT molecular complexity index is 1050. The number of aryl methyl sites for hydroxylation is 2. The van der Waals surface area contributed by atoms with Gasteiger partial charge in [-0.2, -0.15) is 0 Å². The highest BCUT2D eigenvalue weighted by Crippen LogP contribution is 2.21. The molecule has 7 heteroatoms. The summed E-state index contributed by atoms with van der Waals surface area (Å²) < 4.78 is 12.0. The zero-order chi connectivity index (χ0) is 20.3.